The lowest BCUT2D eigenvalue weighted by molar-refractivity contribution is -0.136. The molecule has 11 heteroatoms. The Labute approximate surface area is 266 Å². The fourth-order valence-electron chi connectivity index (χ4n) is 5.69. The van der Waals surface area contributed by atoms with Gasteiger partial charge in [0.2, 0.25) is 0 Å². The van der Waals surface area contributed by atoms with Crippen molar-refractivity contribution in [3.63, 3.8) is 0 Å². The fraction of sp³-hybridized carbons (Fsp3) is 0.333. The number of aromatic nitrogens is 3. The summed E-state index contributed by atoms with van der Waals surface area (Å²) in [7, 11) is 1.93. The smallest absolute Gasteiger partial charge is 0.307 e. The van der Waals surface area contributed by atoms with Crippen molar-refractivity contribution in [1.29, 1.82) is 5.26 Å². The second-order valence-corrected chi connectivity index (χ2v) is 13.7. The van der Waals surface area contributed by atoms with Crippen molar-refractivity contribution in [1.82, 2.24) is 14.8 Å². The predicted octanol–water partition coefficient (Wildman–Crippen LogP) is 6.92. The van der Waals surface area contributed by atoms with Gasteiger partial charge in [0, 0.05) is 42.1 Å². The maximum atomic E-state index is 11.8. The van der Waals surface area contributed by atoms with Crippen molar-refractivity contribution < 1.29 is 15.0 Å². The van der Waals surface area contributed by atoms with E-state index >= 15 is 0 Å². The van der Waals surface area contributed by atoms with Crippen LogP contribution >= 0.6 is 22.9 Å². The van der Waals surface area contributed by atoms with E-state index in [1.807, 2.05) is 55.2 Å². The van der Waals surface area contributed by atoms with Crippen molar-refractivity contribution in [2.24, 2.45) is 7.05 Å². The van der Waals surface area contributed by atoms with E-state index in [9.17, 15) is 15.2 Å². The third-order valence-electron chi connectivity index (χ3n) is 7.71. The van der Waals surface area contributed by atoms with Crippen molar-refractivity contribution in [3.8, 4) is 17.1 Å². The Kier molecular flexibility index (Phi) is 9.03. The van der Waals surface area contributed by atoms with Crippen molar-refractivity contribution >= 4 is 61.9 Å². The number of aryl methyl sites for hydroxylation is 2. The molecule has 2 aromatic heterocycles. The quantitative estimate of drug-likeness (QED) is 0.203. The summed E-state index contributed by atoms with van der Waals surface area (Å²) in [6.45, 7) is 8.51. The first kappa shape index (κ1) is 31.5. The average molecular weight is 628 g/mol. The molecule has 3 aromatic carbocycles. The number of fused-ring (bicyclic) bond motifs is 2. The monoisotopic (exact) mass is 627 g/mol. The summed E-state index contributed by atoms with van der Waals surface area (Å²) in [5.41, 5.74) is 6.06. The number of carboxylic acids is 1. The minimum Gasteiger partial charge on any atom is -0.481 e. The normalized spacial score (nSPS) is 15.3. The number of carbonyl (C=O) groups is 1. The third-order valence-corrected chi connectivity index (χ3v) is 9.11. The van der Waals surface area contributed by atoms with Crippen LogP contribution in [0.4, 0.5) is 5.13 Å². The average Bonchev–Trinajstić information content (AvgIpc) is 3.55. The van der Waals surface area contributed by atoms with Gasteiger partial charge in [-0.05, 0) is 92.4 Å². The van der Waals surface area contributed by atoms with Gasteiger partial charge < -0.3 is 15.1 Å². The molecule has 3 heterocycles. The molecule has 1 saturated heterocycles. The molecule has 5 aromatic rings. The van der Waals surface area contributed by atoms with E-state index in [0.29, 0.717) is 11.6 Å². The maximum Gasteiger partial charge on any atom is 0.307 e. The predicted molar refractivity (Wildman–Crippen MR) is 180 cm³/mol. The highest BCUT2D eigenvalue weighted by atomic mass is 35.5. The molecule has 8 nitrogen and oxygen atoms in total. The molecule has 0 bridgehead atoms. The zero-order valence-corrected chi connectivity index (χ0v) is 27.1. The molecular weight excluding hydrogens is 593 g/mol. The Morgan fingerprint density at radius 3 is 2.57 bits per heavy atom. The molecule has 1 unspecified atom stereocenters. The van der Waals surface area contributed by atoms with E-state index < -0.39 is 11.6 Å². The highest BCUT2D eigenvalue weighted by Gasteiger charge is 2.35. The van der Waals surface area contributed by atoms with Crippen LogP contribution in [0.25, 0.3) is 32.2 Å². The number of anilines is 1. The van der Waals surface area contributed by atoms with Gasteiger partial charge in [0.15, 0.2) is 5.13 Å². The van der Waals surface area contributed by atoms with Crippen LogP contribution in [0.15, 0.2) is 54.7 Å². The minimum absolute atomic E-state index is 0.0420. The summed E-state index contributed by atoms with van der Waals surface area (Å²) < 4.78 is 2.82. The van der Waals surface area contributed by atoms with Crippen LogP contribution < -0.4 is 4.90 Å². The Bertz CT molecular complexity index is 1870. The number of aliphatic carboxylic acids is 1. The second kappa shape index (κ2) is 12.6. The summed E-state index contributed by atoms with van der Waals surface area (Å²) in [5, 5.41) is 35.1. The van der Waals surface area contributed by atoms with Gasteiger partial charge in [-0.1, -0.05) is 41.1 Å². The Balaban J connectivity index is 0.000000712. The molecule has 0 amide bonds. The van der Waals surface area contributed by atoms with Crippen LogP contribution in [0.2, 0.25) is 11.3 Å². The van der Waals surface area contributed by atoms with Crippen LogP contribution in [-0.2, 0) is 18.3 Å². The van der Waals surface area contributed by atoms with Gasteiger partial charge in [-0.3, -0.25) is 9.48 Å². The van der Waals surface area contributed by atoms with E-state index in [4.69, 9.17) is 21.7 Å². The number of halogens is 1. The first-order valence-corrected chi connectivity index (χ1v) is 15.7. The molecule has 0 saturated carbocycles. The van der Waals surface area contributed by atoms with Gasteiger partial charge in [-0.15, -0.1) is 0 Å². The molecule has 6 rings (SSSR count). The van der Waals surface area contributed by atoms with Crippen molar-refractivity contribution in [3.05, 3.63) is 76.4 Å². The molecule has 0 spiro atoms. The SMILES string of the molecule is CC(C)(C)O.Cc1cc2nc(N3CCB(C#N)C(c4ccc5c(cnn5C)c4)C3)sc2c(-c2ccc(Cl)cc2)c1CC(=O)O. The van der Waals surface area contributed by atoms with Crippen LogP contribution in [0.1, 0.15) is 43.3 Å². The highest BCUT2D eigenvalue weighted by Crippen LogP contribution is 2.42. The largest absolute Gasteiger partial charge is 0.481 e. The number of benzene rings is 3. The van der Waals surface area contributed by atoms with Gasteiger partial charge in [0.1, 0.15) is 0 Å². The highest BCUT2D eigenvalue weighted by molar-refractivity contribution is 7.22. The van der Waals surface area contributed by atoms with Crippen LogP contribution in [0.5, 0.6) is 0 Å². The van der Waals surface area contributed by atoms with E-state index in [2.05, 4.69) is 34.2 Å². The molecule has 1 aliphatic heterocycles. The van der Waals surface area contributed by atoms with E-state index in [1.54, 1.807) is 32.1 Å². The summed E-state index contributed by atoms with van der Waals surface area (Å²) in [4.78, 5) is 19.1. The zero-order chi connectivity index (χ0) is 31.8. The van der Waals surface area contributed by atoms with Crippen molar-refractivity contribution in [2.75, 3.05) is 18.0 Å². The van der Waals surface area contributed by atoms with Crippen LogP contribution in [0.3, 0.4) is 0 Å². The number of nitriles is 1. The molecule has 1 atom stereocenters. The van der Waals surface area contributed by atoms with Gasteiger partial charge in [0.25, 0.3) is 6.71 Å². The molecule has 226 valence electrons. The lowest BCUT2D eigenvalue weighted by Crippen LogP contribution is -2.43. The van der Waals surface area contributed by atoms with Crippen LogP contribution in [0, 0.1) is 18.2 Å². The minimum atomic E-state index is -0.871. The topological polar surface area (TPSA) is 115 Å². The fourth-order valence-corrected chi connectivity index (χ4v) is 6.99. The molecule has 0 aliphatic carbocycles. The summed E-state index contributed by atoms with van der Waals surface area (Å²) in [6, 6.07) is 15.9. The molecule has 44 heavy (non-hydrogen) atoms. The number of nitrogens with zero attached hydrogens (tertiary/aromatic N) is 5. The number of hydrogen-bond donors (Lipinski definition) is 2. The Morgan fingerprint density at radius 2 is 1.91 bits per heavy atom. The third kappa shape index (κ3) is 6.91. The first-order valence-electron chi connectivity index (χ1n) is 14.5. The Hall–Kier alpha value is -3.91. The lowest BCUT2D eigenvalue weighted by atomic mass is 9.37. The van der Waals surface area contributed by atoms with Gasteiger partial charge in [0.05, 0.1) is 34.0 Å². The standard InChI is InChI=1S/C29H25BClN5O2S.C4H10O/c1-17-11-24-28(27(22(17)13-26(37)38)18-3-6-21(31)7-4-18)39-29(34-24)36-10-9-30(16-32)23(15-36)19-5-8-25-20(12-19)14-33-35(25)2;1-4(2,3)5/h3-8,11-12,14,23H,9-10,13,15H2,1-2H3,(H,37,38);5H,1-3H3. The number of hydrogen-bond acceptors (Lipinski definition) is 7. The molecule has 1 fully saturated rings. The lowest BCUT2D eigenvalue weighted by Gasteiger charge is -2.34. The van der Waals surface area contributed by atoms with Gasteiger partial charge in [-0.2, -0.15) is 5.10 Å². The number of thiazole rings is 1. The van der Waals surface area contributed by atoms with Crippen molar-refractivity contribution in [2.45, 2.75) is 51.9 Å². The number of aliphatic hydroxyl groups is 1. The Morgan fingerprint density at radius 1 is 1.20 bits per heavy atom. The maximum absolute atomic E-state index is 11.8. The summed E-state index contributed by atoms with van der Waals surface area (Å²) in [5.74, 6) is 1.71. The number of carboxylic acid groups (broad SMARTS) is 1. The van der Waals surface area contributed by atoms with E-state index in [0.717, 1.165) is 66.9 Å². The van der Waals surface area contributed by atoms with E-state index in [1.165, 1.54) is 0 Å². The second-order valence-electron chi connectivity index (χ2n) is 12.3. The van der Waals surface area contributed by atoms with E-state index in [-0.39, 0.29) is 19.0 Å². The van der Waals surface area contributed by atoms with Crippen LogP contribution in [-0.4, -0.2) is 56.4 Å². The zero-order valence-electron chi connectivity index (χ0n) is 25.5. The summed E-state index contributed by atoms with van der Waals surface area (Å²) in [6.07, 6.45) is 2.54. The van der Waals surface area contributed by atoms with Gasteiger partial charge >= 0.3 is 5.97 Å². The first-order chi connectivity index (χ1) is 20.8. The van der Waals surface area contributed by atoms with Gasteiger partial charge in [-0.25, -0.2) is 10.2 Å². The molecule has 1 aliphatic rings. The summed E-state index contributed by atoms with van der Waals surface area (Å²) >= 11 is 7.75. The molecular formula is C33H35BClN5O3S. The molecule has 0 radical (unpaired) electrons. The molecule has 2 N–H and O–H groups in total. The number of rotatable bonds is 5.